The predicted molar refractivity (Wildman–Crippen MR) is 119 cm³/mol. The molecule has 0 aromatic heterocycles. The number of hydrogen-bond acceptors (Lipinski definition) is 4. The monoisotopic (exact) mass is 430 g/mol. The lowest BCUT2D eigenvalue weighted by atomic mass is 9.93. The maximum atomic E-state index is 12.4. The summed E-state index contributed by atoms with van der Waals surface area (Å²) in [5.74, 6) is 0.509. The summed E-state index contributed by atoms with van der Waals surface area (Å²) < 4.78 is 0. The second-order valence-electron chi connectivity index (χ2n) is 7.46. The Morgan fingerprint density at radius 1 is 1.07 bits per heavy atom. The van der Waals surface area contributed by atoms with Crippen LogP contribution in [0.5, 0.6) is 0 Å². The molecule has 0 atom stereocenters. The number of nitrogens with one attached hydrogen (secondary N) is 2. The number of nitrogens with two attached hydrogens (primary N) is 1. The van der Waals surface area contributed by atoms with Gasteiger partial charge in [-0.05, 0) is 63.2 Å². The third-order valence-electron chi connectivity index (χ3n) is 5.65. The number of halogens is 2. The van der Waals surface area contributed by atoms with Crippen molar-refractivity contribution >= 4 is 48.0 Å². The molecule has 1 aromatic carbocycles. The third kappa shape index (κ3) is 6.83. The molecule has 4 N–H and O–H groups in total. The van der Waals surface area contributed by atoms with Crippen LogP contribution in [0.15, 0.2) is 24.3 Å². The number of benzene rings is 1. The molecule has 1 aromatic rings. The molecule has 28 heavy (non-hydrogen) atoms. The largest absolute Gasteiger partial charge is 0.370 e. The maximum Gasteiger partial charge on any atom is 0.224 e. The van der Waals surface area contributed by atoms with Crippen LogP contribution < -0.4 is 21.3 Å². The van der Waals surface area contributed by atoms with Crippen LogP contribution in [0, 0.1) is 11.8 Å². The fraction of sp³-hybridized carbons (Fsp3) is 0.600. The van der Waals surface area contributed by atoms with Gasteiger partial charge in [-0.25, -0.2) is 0 Å². The number of anilines is 2. The van der Waals surface area contributed by atoms with E-state index in [1.807, 2.05) is 24.3 Å². The summed E-state index contributed by atoms with van der Waals surface area (Å²) in [5, 5.41) is 6.45. The van der Waals surface area contributed by atoms with E-state index in [4.69, 9.17) is 5.73 Å². The van der Waals surface area contributed by atoms with E-state index in [0.717, 1.165) is 56.8 Å². The Morgan fingerprint density at radius 3 is 2.36 bits per heavy atom. The lowest BCUT2D eigenvalue weighted by Gasteiger charge is -2.33. The van der Waals surface area contributed by atoms with Gasteiger partial charge in [-0.15, -0.1) is 24.8 Å². The zero-order valence-electron chi connectivity index (χ0n) is 16.2. The molecule has 0 bridgehead atoms. The quantitative estimate of drug-likeness (QED) is 0.647. The van der Waals surface area contributed by atoms with Crippen molar-refractivity contribution in [3.05, 3.63) is 24.3 Å². The normalized spacial score (nSPS) is 17.9. The Morgan fingerprint density at radius 2 is 1.71 bits per heavy atom. The Balaban J connectivity index is 0.00000196. The minimum Gasteiger partial charge on any atom is -0.370 e. The highest BCUT2D eigenvalue weighted by Crippen LogP contribution is 2.30. The van der Waals surface area contributed by atoms with Crippen molar-refractivity contribution < 1.29 is 9.59 Å². The first-order valence-corrected chi connectivity index (χ1v) is 9.77. The summed E-state index contributed by atoms with van der Waals surface area (Å²) in [5.41, 5.74) is 7.32. The van der Waals surface area contributed by atoms with E-state index in [9.17, 15) is 9.59 Å². The van der Waals surface area contributed by atoms with Crippen molar-refractivity contribution in [1.82, 2.24) is 5.32 Å². The second-order valence-corrected chi connectivity index (χ2v) is 7.46. The molecule has 8 heteroatoms. The second kappa shape index (κ2) is 12.1. The van der Waals surface area contributed by atoms with Gasteiger partial charge in [-0.3, -0.25) is 9.59 Å². The number of piperidine rings is 2. The van der Waals surface area contributed by atoms with Gasteiger partial charge in [0.05, 0.1) is 11.4 Å². The van der Waals surface area contributed by atoms with Gasteiger partial charge in [0, 0.05) is 25.4 Å². The number of para-hydroxylation sites is 2. The smallest absolute Gasteiger partial charge is 0.224 e. The van der Waals surface area contributed by atoms with Gasteiger partial charge in [0.1, 0.15) is 0 Å². The molecule has 3 rings (SSSR count). The lowest BCUT2D eigenvalue weighted by molar-refractivity contribution is -0.122. The number of carbonyl (C=O) groups is 2. The zero-order chi connectivity index (χ0) is 18.4. The molecule has 0 spiro atoms. The Hall–Kier alpha value is -1.50. The fourth-order valence-electron chi connectivity index (χ4n) is 3.98. The summed E-state index contributed by atoms with van der Waals surface area (Å²) in [4.78, 5) is 26.0. The molecule has 2 fully saturated rings. The highest BCUT2D eigenvalue weighted by atomic mass is 35.5. The van der Waals surface area contributed by atoms with Crippen molar-refractivity contribution in [3.63, 3.8) is 0 Å². The number of nitrogens with zero attached hydrogens (tertiary/aromatic N) is 1. The van der Waals surface area contributed by atoms with Crippen molar-refractivity contribution in [1.29, 1.82) is 0 Å². The average molecular weight is 431 g/mol. The SMILES string of the molecule is Cl.Cl.NC(=O)C1CCN(c2ccccc2NC(=O)CCC2CCNCC2)CC1. The number of carbonyl (C=O) groups excluding carboxylic acids is 2. The standard InChI is InChI=1S/C20H30N4O2.2ClH/c21-20(26)16-9-13-24(14-10-16)18-4-2-1-3-17(18)23-19(25)6-5-15-7-11-22-12-8-15;;/h1-4,15-16,22H,5-14H2,(H2,21,26)(H,23,25);2*1H. The summed E-state index contributed by atoms with van der Waals surface area (Å²) in [7, 11) is 0. The fourth-order valence-corrected chi connectivity index (χ4v) is 3.98. The lowest BCUT2D eigenvalue weighted by Crippen LogP contribution is -2.38. The molecule has 2 aliphatic rings. The zero-order valence-corrected chi connectivity index (χ0v) is 17.8. The van der Waals surface area contributed by atoms with Gasteiger partial charge in [0.25, 0.3) is 0 Å². The first-order chi connectivity index (χ1) is 12.6. The number of primary amides is 1. The molecule has 2 heterocycles. The minimum absolute atomic E-state index is 0. The van der Waals surface area contributed by atoms with Crippen molar-refractivity contribution in [2.24, 2.45) is 17.6 Å². The Labute approximate surface area is 179 Å². The van der Waals surface area contributed by atoms with Crippen LogP contribution in [0.4, 0.5) is 11.4 Å². The first kappa shape index (κ1) is 24.5. The van der Waals surface area contributed by atoms with Gasteiger partial charge in [-0.1, -0.05) is 12.1 Å². The maximum absolute atomic E-state index is 12.4. The molecule has 0 saturated carbocycles. The summed E-state index contributed by atoms with van der Waals surface area (Å²) in [6, 6.07) is 7.92. The van der Waals surface area contributed by atoms with E-state index >= 15 is 0 Å². The van der Waals surface area contributed by atoms with E-state index in [0.29, 0.717) is 12.3 Å². The first-order valence-electron chi connectivity index (χ1n) is 9.77. The molecule has 2 amide bonds. The molecule has 0 unspecified atom stereocenters. The number of rotatable bonds is 6. The van der Waals surface area contributed by atoms with Crippen LogP contribution in [0.2, 0.25) is 0 Å². The van der Waals surface area contributed by atoms with Crippen LogP contribution in [-0.4, -0.2) is 38.0 Å². The minimum atomic E-state index is -0.204. The number of hydrogen-bond donors (Lipinski definition) is 3. The molecular weight excluding hydrogens is 399 g/mol. The van der Waals surface area contributed by atoms with E-state index in [-0.39, 0.29) is 42.5 Å². The van der Waals surface area contributed by atoms with Crippen LogP contribution in [0.1, 0.15) is 38.5 Å². The molecule has 0 aliphatic carbocycles. The van der Waals surface area contributed by atoms with E-state index in [1.54, 1.807) is 0 Å². The van der Waals surface area contributed by atoms with Gasteiger partial charge < -0.3 is 21.3 Å². The highest BCUT2D eigenvalue weighted by Gasteiger charge is 2.24. The summed E-state index contributed by atoms with van der Waals surface area (Å²) >= 11 is 0. The summed E-state index contributed by atoms with van der Waals surface area (Å²) in [6.07, 6.45) is 5.40. The molecule has 6 nitrogen and oxygen atoms in total. The van der Waals surface area contributed by atoms with Crippen LogP contribution >= 0.6 is 24.8 Å². The Bertz CT molecular complexity index is 630. The molecule has 2 aliphatic heterocycles. The van der Waals surface area contributed by atoms with E-state index in [1.165, 1.54) is 12.8 Å². The number of amides is 2. The van der Waals surface area contributed by atoms with Crippen molar-refractivity contribution in [2.45, 2.75) is 38.5 Å². The van der Waals surface area contributed by atoms with Gasteiger partial charge >= 0.3 is 0 Å². The highest BCUT2D eigenvalue weighted by molar-refractivity contribution is 5.94. The van der Waals surface area contributed by atoms with Gasteiger partial charge in [0.2, 0.25) is 11.8 Å². The van der Waals surface area contributed by atoms with E-state index < -0.39 is 0 Å². The van der Waals surface area contributed by atoms with Gasteiger partial charge in [-0.2, -0.15) is 0 Å². The van der Waals surface area contributed by atoms with Crippen LogP contribution in [-0.2, 0) is 9.59 Å². The summed E-state index contributed by atoms with van der Waals surface area (Å²) in [6.45, 7) is 3.71. The van der Waals surface area contributed by atoms with Crippen LogP contribution in [0.25, 0.3) is 0 Å². The molecular formula is C20H32Cl2N4O2. The third-order valence-corrected chi connectivity index (χ3v) is 5.65. The van der Waals surface area contributed by atoms with Gasteiger partial charge in [0.15, 0.2) is 0 Å². The molecule has 158 valence electrons. The van der Waals surface area contributed by atoms with E-state index in [2.05, 4.69) is 15.5 Å². The molecule has 0 radical (unpaired) electrons. The average Bonchev–Trinajstić information content (AvgIpc) is 2.68. The Kier molecular flexibility index (Phi) is 10.6. The van der Waals surface area contributed by atoms with Crippen molar-refractivity contribution in [3.8, 4) is 0 Å². The molecule has 2 saturated heterocycles. The van der Waals surface area contributed by atoms with Crippen molar-refractivity contribution in [2.75, 3.05) is 36.4 Å². The van der Waals surface area contributed by atoms with Crippen LogP contribution in [0.3, 0.4) is 0 Å². The predicted octanol–water partition coefficient (Wildman–Crippen LogP) is 2.95. The topological polar surface area (TPSA) is 87.5 Å².